The zero-order valence-corrected chi connectivity index (χ0v) is 11.2. The van der Waals surface area contributed by atoms with Gasteiger partial charge in [0.1, 0.15) is 0 Å². The van der Waals surface area contributed by atoms with Crippen LogP contribution in [0, 0.1) is 0 Å². The number of rotatable bonds is 6. The summed E-state index contributed by atoms with van der Waals surface area (Å²) in [6, 6.07) is -0.310. The fourth-order valence-electron chi connectivity index (χ4n) is 2.38. The van der Waals surface area contributed by atoms with E-state index in [0.29, 0.717) is 0 Å². The van der Waals surface area contributed by atoms with Crippen molar-refractivity contribution in [3.05, 3.63) is 0 Å². The van der Waals surface area contributed by atoms with E-state index in [0.717, 1.165) is 38.8 Å². The summed E-state index contributed by atoms with van der Waals surface area (Å²) in [6.07, 6.45) is 3.56. The van der Waals surface area contributed by atoms with E-state index in [1.807, 2.05) is 6.92 Å². The molecule has 1 fully saturated rings. The minimum atomic E-state index is -0.181. The molecule has 98 valence electrons. The van der Waals surface area contributed by atoms with E-state index in [4.69, 9.17) is 0 Å². The van der Waals surface area contributed by atoms with Crippen molar-refractivity contribution in [2.24, 2.45) is 0 Å². The summed E-state index contributed by atoms with van der Waals surface area (Å²) in [7, 11) is 0. The molecule has 2 atom stereocenters. The number of ketones is 1. The van der Waals surface area contributed by atoms with Gasteiger partial charge in [-0.05, 0) is 39.2 Å². The van der Waals surface area contributed by atoms with E-state index < -0.39 is 0 Å². The third-order valence-electron chi connectivity index (χ3n) is 3.35. The van der Waals surface area contributed by atoms with E-state index in [1.165, 1.54) is 0 Å². The molecule has 1 N–H and O–H groups in total. The van der Waals surface area contributed by atoms with Crippen LogP contribution in [-0.4, -0.2) is 41.8 Å². The molecule has 1 aliphatic rings. The van der Waals surface area contributed by atoms with Crippen LogP contribution < -0.4 is 5.32 Å². The van der Waals surface area contributed by atoms with E-state index in [1.54, 1.807) is 11.8 Å². The highest BCUT2D eigenvalue weighted by Gasteiger charge is 2.34. The van der Waals surface area contributed by atoms with Crippen LogP contribution in [0.25, 0.3) is 0 Å². The van der Waals surface area contributed by atoms with Crippen LogP contribution >= 0.6 is 0 Å². The molecule has 0 aliphatic carbocycles. The van der Waals surface area contributed by atoms with Gasteiger partial charge in [-0.3, -0.25) is 9.59 Å². The van der Waals surface area contributed by atoms with Crippen LogP contribution in [0.3, 0.4) is 0 Å². The first-order valence-electron chi connectivity index (χ1n) is 6.66. The van der Waals surface area contributed by atoms with Crippen molar-refractivity contribution in [1.29, 1.82) is 0 Å². The highest BCUT2D eigenvalue weighted by atomic mass is 16.2. The average molecular weight is 240 g/mol. The Hall–Kier alpha value is -0.900. The number of Topliss-reactive ketones (excluding diaryl/α,β-unsaturated/α-hetero) is 1. The van der Waals surface area contributed by atoms with Gasteiger partial charge in [-0.15, -0.1) is 0 Å². The quantitative estimate of drug-likeness (QED) is 0.762. The maximum absolute atomic E-state index is 12.3. The van der Waals surface area contributed by atoms with Crippen LogP contribution in [0.15, 0.2) is 0 Å². The lowest BCUT2D eigenvalue weighted by Crippen LogP contribution is -2.49. The predicted octanol–water partition coefficient (Wildman–Crippen LogP) is 1.34. The standard InChI is InChI=1S/C13H24N2O2/c1-4-8-14-11(5-2)13(17)15-9-6-7-12(15)10(3)16/h11-12,14H,4-9H2,1-3H3/t11-,12+/m0/s1. The number of likely N-dealkylation sites (tertiary alicyclic amines) is 1. The van der Waals surface area contributed by atoms with E-state index in [2.05, 4.69) is 12.2 Å². The molecule has 1 rings (SSSR count). The Labute approximate surface area is 104 Å². The van der Waals surface area contributed by atoms with Gasteiger partial charge in [0.25, 0.3) is 0 Å². The van der Waals surface area contributed by atoms with Gasteiger partial charge in [-0.25, -0.2) is 0 Å². The second kappa shape index (κ2) is 6.74. The van der Waals surface area contributed by atoms with Gasteiger partial charge in [0.15, 0.2) is 5.78 Å². The fraction of sp³-hybridized carbons (Fsp3) is 0.846. The summed E-state index contributed by atoms with van der Waals surface area (Å²) in [5, 5.41) is 3.25. The number of amides is 1. The maximum Gasteiger partial charge on any atom is 0.240 e. The fourth-order valence-corrected chi connectivity index (χ4v) is 2.38. The maximum atomic E-state index is 12.3. The van der Waals surface area contributed by atoms with Crippen molar-refractivity contribution in [3.8, 4) is 0 Å². The molecule has 1 saturated heterocycles. The normalized spacial score (nSPS) is 21.6. The topological polar surface area (TPSA) is 49.4 Å². The molecule has 0 unspecified atom stereocenters. The number of nitrogens with one attached hydrogen (secondary N) is 1. The van der Waals surface area contributed by atoms with Crippen molar-refractivity contribution in [3.63, 3.8) is 0 Å². The molecule has 0 spiro atoms. The second-order valence-corrected chi connectivity index (χ2v) is 4.72. The first-order valence-corrected chi connectivity index (χ1v) is 6.66. The SMILES string of the molecule is CCCN[C@@H](CC)C(=O)N1CCC[C@@H]1C(C)=O. The molecule has 1 aliphatic heterocycles. The Morgan fingerprint density at radius 2 is 2.12 bits per heavy atom. The lowest BCUT2D eigenvalue weighted by molar-refractivity contribution is -0.138. The molecule has 0 saturated carbocycles. The van der Waals surface area contributed by atoms with Crippen LogP contribution in [0.5, 0.6) is 0 Å². The highest BCUT2D eigenvalue weighted by molar-refractivity contribution is 5.90. The molecular weight excluding hydrogens is 216 g/mol. The van der Waals surface area contributed by atoms with Gasteiger partial charge >= 0.3 is 0 Å². The van der Waals surface area contributed by atoms with Crippen LogP contribution in [0.4, 0.5) is 0 Å². The smallest absolute Gasteiger partial charge is 0.240 e. The molecule has 17 heavy (non-hydrogen) atoms. The summed E-state index contributed by atoms with van der Waals surface area (Å²) in [5.74, 6) is 0.208. The Bertz CT molecular complexity index is 279. The molecule has 1 heterocycles. The number of carbonyl (C=O) groups is 2. The molecule has 0 aromatic carbocycles. The molecule has 0 aromatic rings. The zero-order valence-electron chi connectivity index (χ0n) is 11.2. The van der Waals surface area contributed by atoms with Crippen molar-refractivity contribution < 1.29 is 9.59 Å². The van der Waals surface area contributed by atoms with Crippen LogP contribution in [0.1, 0.15) is 46.5 Å². The monoisotopic (exact) mass is 240 g/mol. The molecule has 4 heteroatoms. The van der Waals surface area contributed by atoms with E-state index >= 15 is 0 Å². The molecule has 0 radical (unpaired) electrons. The Kier molecular flexibility index (Phi) is 5.62. The lowest BCUT2D eigenvalue weighted by Gasteiger charge is -2.27. The first kappa shape index (κ1) is 14.2. The zero-order chi connectivity index (χ0) is 12.8. The second-order valence-electron chi connectivity index (χ2n) is 4.72. The van der Waals surface area contributed by atoms with Gasteiger partial charge < -0.3 is 10.2 Å². The molecule has 0 aromatic heterocycles. The van der Waals surface area contributed by atoms with Gasteiger partial charge in [-0.2, -0.15) is 0 Å². The summed E-state index contributed by atoms with van der Waals surface area (Å²) in [6.45, 7) is 7.25. The minimum absolute atomic E-state index is 0.0960. The molecule has 0 bridgehead atoms. The number of carbonyl (C=O) groups excluding carboxylic acids is 2. The highest BCUT2D eigenvalue weighted by Crippen LogP contribution is 2.19. The number of nitrogens with zero attached hydrogens (tertiary/aromatic N) is 1. The molecule has 4 nitrogen and oxygen atoms in total. The summed E-state index contributed by atoms with van der Waals surface area (Å²) in [4.78, 5) is 25.5. The Morgan fingerprint density at radius 1 is 1.41 bits per heavy atom. The Balaban J connectivity index is 2.63. The summed E-state index contributed by atoms with van der Waals surface area (Å²) < 4.78 is 0. The number of hydrogen-bond acceptors (Lipinski definition) is 3. The first-order chi connectivity index (χ1) is 8.11. The van der Waals surface area contributed by atoms with E-state index in [9.17, 15) is 9.59 Å². The van der Waals surface area contributed by atoms with Crippen molar-refractivity contribution >= 4 is 11.7 Å². The minimum Gasteiger partial charge on any atom is -0.331 e. The van der Waals surface area contributed by atoms with Gasteiger partial charge in [0.05, 0.1) is 12.1 Å². The molecule has 1 amide bonds. The lowest BCUT2D eigenvalue weighted by atomic mass is 10.1. The van der Waals surface area contributed by atoms with Gasteiger partial charge in [0.2, 0.25) is 5.91 Å². The van der Waals surface area contributed by atoms with Crippen LogP contribution in [0.2, 0.25) is 0 Å². The summed E-state index contributed by atoms with van der Waals surface area (Å²) in [5.41, 5.74) is 0. The van der Waals surface area contributed by atoms with Crippen LogP contribution in [-0.2, 0) is 9.59 Å². The number of hydrogen-bond donors (Lipinski definition) is 1. The third-order valence-corrected chi connectivity index (χ3v) is 3.35. The third kappa shape index (κ3) is 3.53. The molecular formula is C13H24N2O2. The summed E-state index contributed by atoms with van der Waals surface area (Å²) >= 11 is 0. The van der Waals surface area contributed by atoms with E-state index in [-0.39, 0.29) is 23.8 Å². The average Bonchev–Trinajstić information content (AvgIpc) is 2.78. The van der Waals surface area contributed by atoms with Gasteiger partial charge in [0, 0.05) is 6.54 Å². The Morgan fingerprint density at radius 3 is 2.65 bits per heavy atom. The van der Waals surface area contributed by atoms with Gasteiger partial charge in [-0.1, -0.05) is 13.8 Å². The largest absolute Gasteiger partial charge is 0.331 e. The van der Waals surface area contributed by atoms with Crippen molar-refractivity contribution in [2.75, 3.05) is 13.1 Å². The van der Waals surface area contributed by atoms with Crippen molar-refractivity contribution in [1.82, 2.24) is 10.2 Å². The predicted molar refractivity (Wildman–Crippen MR) is 67.8 cm³/mol. The van der Waals surface area contributed by atoms with Crippen molar-refractivity contribution in [2.45, 2.75) is 58.5 Å².